The first kappa shape index (κ1) is 18.3. The van der Waals surface area contributed by atoms with Crippen LogP contribution in [0.2, 0.25) is 10.0 Å². The Morgan fingerprint density at radius 3 is 1.43 bits per heavy atom. The molecule has 2 aromatic carbocycles. The molecule has 2 aromatic heterocycles. The van der Waals surface area contributed by atoms with E-state index >= 15 is 0 Å². The van der Waals surface area contributed by atoms with E-state index in [4.69, 9.17) is 23.2 Å². The van der Waals surface area contributed by atoms with Crippen LogP contribution >= 0.6 is 23.2 Å². The molecule has 0 aliphatic heterocycles. The van der Waals surface area contributed by atoms with E-state index < -0.39 is 0 Å². The van der Waals surface area contributed by atoms with Gasteiger partial charge in [-0.3, -0.25) is 0 Å². The number of benzene rings is 2. The quantitative estimate of drug-likeness (QED) is 0.286. The summed E-state index contributed by atoms with van der Waals surface area (Å²) in [6.45, 7) is 0. The molecule has 0 fully saturated rings. The average molecular weight is 407 g/mol. The molecule has 0 N–H and O–H groups in total. The number of hydrogen-bond acceptors (Lipinski definition) is 2. The lowest BCUT2D eigenvalue weighted by Crippen LogP contribution is -1.99. The van der Waals surface area contributed by atoms with Gasteiger partial charge in [-0.05, 0) is 48.5 Å². The van der Waals surface area contributed by atoms with Gasteiger partial charge in [-0.15, -0.1) is 0 Å². The Morgan fingerprint density at radius 2 is 1.00 bits per heavy atom. The molecule has 0 spiro atoms. The molecule has 0 aliphatic rings. The number of halogens is 2. The Bertz CT molecular complexity index is 1060. The van der Waals surface area contributed by atoms with E-state index in [0.717, 1.165) is 22.8 Å². The number of para-hydroxylation sites is 2. The highest BCUT2D eigenvalue weighted by Gasteiger charge is 2.06. The molecule has 0 atom stereocenters. The van der Waals surface area contributed by atoms with Gasteiger partial charge in [-0.2, -0.15) is 10.2 Å². The highest BCUT2D eigenvalue weighted by Crippen LogP contribution is 2.22. The van der Waals surface area contributed by atoms with Crippen LogP contribution in [0.25, 0.3) is 11.4 Å². The third-order valence-electron chi connectivity index (χ3n) is 4.23. The molecule has 138 valence electrons. The molecule has 0 radical (unpaired) electrons. The molecule has 0 saturated carbocycles. The summed E-state index contributed by atoms with van der Waals surface area (Å²) >= 11 is 12.6. The van der Waals surface area contributed by atoms with Gasteiger partial charge in [0.25, 0.3) is 0 Å². The van der Waals surface area contributed by atoms with Crippen molar-refractivity contribution in [1.82, 2.24) is 9.13 Å². The molecule has 0 bridgehead atoms. The monoisotopic (exact) mass is 406 g/mol. The van der Waals surface area contributed by atoms with Crippen LogP contribution in [0, 0.1) is 0 Å². The van der Waals surface area contributed by atoms with Gasteiger partial charge >= 0.3 is 0 Å². The van der Waals surface area contributed by atoms with Crippen molar-refractivity contribution in [1.29, 1.82) is 0 Å². The molecule has 0 aliphatic carbocycles. The third kappa shape index (κ3) is 3.79. The molecule has 0 saturated heterocycles. The zero-order valence-corrected chi connectivity index (χ0v) is 16.3. The maximum Gasteiger partial charge on any atom is 0.0736 e. The second-order valence-corrected chi connectivity index (χ2v) is 6.81. The largest absolute Gasteiger partial charge is 0.314 e. The van der Waals surface area contributed by atoms with Gasteiger partial charge in [0.05, 0.1) is 45.2 Å². The molecule has 0 unspecified atom stereocenters. The molecule has 0 amide bonds. The van der Waals surface area contributed by atoms with Crippen LogP contribution in [0.15, 0.2) is 95.4 Å². The van der Waals surface area contributed by atoms with E-state index in [9.17, 15) is 0 Å². The van der Waals surface area contributed by atoms with Crippen molar-refractivity contribution in [2.45, 2.75) is 0 Å². The zero-order chi connectivity index (χ0) is 19.3. The Morgan fingerprint density at radius 1 is 0.571 bits per heavy atom. The molecular weight excluding hydrogens is 391 g/mol. The lowest BCUT2D eigenvalue weighted by molar-refractivity contribution is 1.06. The van der Waals surface area contributed by atoms with E-state index in [1.807, 2.05) is 94.3 Å². The van der Waals surface area contributed by atoms with Crippen LogP contribution < -0.4 is 0 Å². The van der Waals surface area contributed by atoms with Crippen LogP contribution in [0.1, 0.15) is 11.4 Å². The number of rotatable bonds is 5. The fourth-order valence-corrected chi connectivity index (χ4v) is 3.37. The minimum absolute atomic E-state index is 0.675. The molecular formula is C22H16Cl2N4. The summed E-state index contributed by atoms with van der Waals surface area (Å²) in [5.74, 6) is 0. The van der Waals surface area contributed by atoms with Crippen LogP contribution in [0.5, 0.6) is 0 Å². The van der Waals surface area contributed by atoms with Gasteiger partial charge in [-0.1, -0.05) is 47.5 Å². The highest BCUT2D eigenvalue weighted by atomic mass is 35.5. The van der Waals surface area contributed by atoms with Crippen LogP contribution in [-0.2, 0) is 0 Å². The Balaban J connectivity index is 1.56. The highest BCUT2D eigenvalue weighted by molar-refractivity contribution is 6.32. The maximum atomic E-state index is 6.30. The second-order valence-electron chi connectivity index (χ2n) is 6.00. The second kappa shape index (κ2) is 8.30. The summed E-state index contributed by atoms with van der Waals surface area (Å²) in [7, 11) is 0. The minimum atomic E-state index is 0.675. The lowest BCUT2D eigenvalue weighted by atomic mass is 10.3. The van der Waals surface area contributed by atoms with Crippen molar-refractivity contribution < 1.29 is 0 Å². The minimum Gasteiger partial charge on any atom is -0.314 e. The molecule has 2 heterocycles. The predicted molar refractivity (Wildman–Crippen MR) is 117 cm³/mol. The summed E-state index contributed by atoms with van der Waals surface area (Å²) in [6, 6.07) is 23.1. The molecule has 28 heavy (non-hydrogen) atoms. The van der Waals surface area contributed by atoms with Crippen molar-refractivity contribution in [2.24, 2.45) is 10.2 Å². The Kier molecular flexibility index (Phi) is 5.42. The van der Waals surface area contributed by atoms with E-state index in [0.29, 0.717) is 10.0 Å². The molecule has 4 aromatic rings. The number of nitrogens with zero attached hydrogens (tertiary/aromatic N) is 4. The first-order chi connectivity index (χ1) is 13.7. The topological polar surface area (TPSA) is 34.6 Å². The van der Waals surface area contributed by atoms with E-state index in [2.05, 4.69) is 10.2 Å². The Hall–Kier alpha value is -3.08. The van der Waals surface area contributed by atoms with Gasteiger partial charge in [0.2, 0.25) is 0 Å². The predicted octanol–water partition coefficient (Wildman–Crippen LogP) is 6.03. The summed E-state index contributed by atoms with van der Waals surface area (Å²) in [4.78, 5) is 0. The standard InChI is InChI=1S/C22H16Cl2N4/c23-19-9-1-3-11-21(19)27-13-5-7-17(27)15-25-26-16-18-8-6-14-28(18)22-12-4-2-10-20(22)24/h1-16H/b25-15+,26-16+. The van der Waals surface area contributed by atoms with Gasteiger partial charge < -0.3 is 9.13 Å². The molecule has 6 heteroatoms. The molecule has 4 nitrogen and oxygen atoms in total. The van der Waals surface area contributed by atoms with Crippen LogP contribution in [0.3, 0.4) is 0 Å². The van der Waals surface area contributed by atoms with Gasteiger partial charge in [0.1, 0.15) is 0 Å². The average Bonchev–Trinajstić information content (AvgIpc) is 3.35. The van der Waals surface area contributed by atoms with Crippen molar-refractivity contribution >= 4 is 35.6 Å². The lowest BCUT2D eigenvalue weighted by Gasteiger charge is -2.08. The first-order valence-electron chi connectivity index (χ1n) is 8.65. The van der Waals surface area contributed by atoms with Crippen molar-refractivity contribution in [3.63, 3.8) is 0 Å². The number of hydrogen-bond donors (Lipinski definition) is 0. The summed E-state index contributed by atoms with van der Waals surface area (Å²) in [5, 5.41) is 9.74. The Labute approximate surface area is 173 Å². The van der Waals surface area contributed by atoms with Crippen molar-refractivity contribution in [2.75, 3.05) is 0 Å². The van der Waals surface area contributed by atoms with Crippen LogP contribution in [0.4, 0.5) is 0 Å². The van der Waals surface area contributed by atoms with Gasteiger partial charge in [0, 0.05) is 12.4 Å². The summed E-state index contributed by atoms with van der Waals surface area (Å²) < 4.78 is 3.93. The fourth-order valence-electron chi connectivity index (χ4n) is 2.92. The van der Waals surface area contributed by atoms with Crippen LogP contribution in [-0.4, -0.2) is 21.6 Å². The summed E-state index contributed by atoms with van der Waals surface area (Å²) in [5.41, 5.74) is 3.55. The summed E-state index contributed by atoms with van der Waals surface area (Å²) in [6.07, 6.45) is 7.27. The smallest absolute Gasteiger partial charge is 0.0736 e. The van der Waals surface area contributed by atoms with Gasteiger partial charge in [0.15, 0.2) is 0 Å². The van der Waals surface area contributed by atoms with E-state index in [1.165, 1.54) is 0 Å². The maximum absolute atomic E-state index is 6.30. The zero-order valence-electron chi connectivity index (χ0n) is 14.8. The first-order valence-corrected chi connectivity index (χ1v) is 9.40. The third-order valence-corrected chi connectivity index (χ3v) is 4.87. The van der Waals surface area contributed by atoms with Crippen molar-refractivity contribution in [3.05, 3.63) is 107 Å². The van der Waals surface area contributed by atoms with Crippen molar-refractivity contribution in [3.8, 4) is 11.4 Å². The normalized spacial score (nSPS) is 11.6. The molecule has 4 rings (SSSR count). The fraction of sp³-hybridized carbons (Fsp3) is 0. The van der Waals surface area contributed by atoms with E-state index in [1.54, 1.807) is 12.4 Å². The SMILES string of the molecule is Clc1ccccc1-n1cccc1/C=N/N=C/c1cccn1-c1ccccc1Cl. The van der Waals surface area contributed by atoms with E-state index in [-0.39, 0.29) is 0 Å². The van der Waals surface area contributed by atoms with Gasteiger partial charge in [-0.25, -0.2) is 0 Å². The number of aromatic nitrogens is 2.